The Morgan fingerprint density at radius 3 is 3.10 bits per heavy atom. The first-order valence-corrected chi connectivity index (χ1v) is 6.77. The molecule has 0 spiro atoms. The predicted octanol–water partition coefficient (Wildman–Crippen LogP) is 0.958. The van der Waals surface area contributed by atoms with Gasteiger partial charge in [0.25, 0.3) is 0 Å². The van der Waals surface area contributed by atoms with Crippen LogP contribution in [0, 0.1) is 0 Å². The van der Waals surface area contributed by atoms with Gasteiger partial charge >= 0.3 is 0 Å². The number of fused-ring (bicyclic) bond motifs is 1. The van der Waals surface area contributed by atoms with Crippen LogP contribution in [-0.4, -0.2) is 54.4 Å². The van der Waals surface area contributed by atoms with E-state index >= 15 is 0 Å². The number of nitrogens with two attached hydrogens (primary N) is 1. The number of morpholine rings is 1. The van der Waals surface area contributed by atoms with Gasteiger partial charge in [0, 0.05) is 19.2 Å². The van der Waals surface area contributed by atoms with Gasteiger partial charge in [0.1, 0.15) is 5.75 Å². The lowest BCUT2D eigenvalue weighted by molar-refractivity contribution is -0.0267. The van der Waals surface area contributed by atoms with Gasteiger partial charge in [0.15, 0.2) is 0 Å². The standard InChI is InChI=1S/C14H20N4O2/c1-17-5-6-20-11(8-17)9-18-13-4-3-10(19-2)7-12(13)16-14(18)15/h3-4,7,11H,5-6,8-9H2,1-2H3,(H2,15,16). The van der Waals surface area contributed by atoms with E-state index < -0.39 is 0 Å². The summed E-state index contributed by atoms with van der Waals surface area (Å²) in [6.45, 7) is 3.38. The molecule has 108 valence electrons. The van der Waals surface area contributed by atoms with Gasteiger partial charge in [0.2, 0.25) is 5.95 Å². The number of hydrogen-bond donors (Lipinski definition) is 1. The number of aromatic nitrogens is 2. The fraction of sp³-hybridized carbons (Fsp3) is 0.500. The molecule has 20 heavy (non-hydrogen) atoms. The Kier molecular flexibility index (Phi) is 3.50. The van der Waals surface area contributed by atoms with Gasteiger partial charge in [-0.2, -0.15) is 0 Å². The lowest BCUT2D eigenvalue weighted by Crippen LogP contribution is -2.42. The number of benzene rings is 1. The minimum atomic E-state index is 0.149. The van der Waals surface area contributed by atoms with Crippen LogP contribution in [0.25, 0.3) is 11.0 Å². The fourth-order valence-corrected chi connectivity index (χ4v) is 2.63. The zero-order chi connectivity index (χ0) is 14.1. The monoisotopic (exact) mass is 276 g/mol. The van der Waals surface area contributed by atoms with Gasteiger partial charge in [-0.05, 0) is 19.2 Å². The maximum absolute atomic E-state index is 6.04. The van der Waals surface area contributed by atoms with Crippen molar-refractivity contribution in [1.29, 1.82) is 0 Å². The van der Waals surface area contributed by atoms with Gasteiger partial charge in [0.05, 0.1) is 37.4 Å². The van der Waals surface area contributed by atoms with Crippen LogP contribution in [0.15, 0.2) is 18.2 Å². The molecule has 0 bridgehead atoms. The molecule has 6 heteroatoms. The van der Waals surface area contributed by atoms with Crippen LogP contribution in [0.1, 0.15) is 0 Å². The number of nitrogen functional groups attached to an aromatic ring is 1. The zero-order valence-corrected chi connectivity index (χ0v) is 11.9. The molecule has 2 heterocycles. The summed E-state index contributed by atoms with van der Waals surface area (Å²) in [5.41, 5.74) is 7.91. The predicted molar refractivity (Wildman–Crippen MR) is 77.9 cm³/mol. The highest BCUT2D eigenvalue weighted by Gasteiger charge is 2.20. The number of methoxy groups -OCH3 is 1. The molecule has 3 rings (SSSR count). The van der Waals surface area contributed by atoms with Crippen molar-refractivity contribution in [2.75, 3.05) is 39.6 Å². The van der Waals surface area contributed by atoms with E-state index in [2.05, 4.69) is 16.9 Å². The van der Waals surface area contributed by atoms with Gasteiger partial charge in [-0.15, -0.1) is 0 Å². The lowest BCUT2D eigenvalue weighted by atomic mass is 10.2. The SMILES string of the molecule is COc1ccc2c(c1)nc(N)n2CC1CN(C)CCO1. The van der Waals surface area contributed by atoms with E-state index in [4.69, 9.17) is 15.2 Å². The summed E-state index contributed by atoms with van der Waals surface area (Å²) >= 11 is 0. The second kappa shape index (κ2) is 5.30. The Morgan fingerprint density at radius 1 is 1.50 bits per heavy atom. The quantitative estimate of drug-likeness (QED) is 0.904. The van der Waals surface area contributed by atoms with Crippen molar-refractivity contribution in [3.05, 3.63) is 18.2 Å². The first-order chi connectivity index (χ1) is 9.67. The highest BCUT2D eigenvalue weighted by molar-refractivity contribution is 5.79. The molecule has 1 aromatic heterocycles. The Labute approximate surface area is 118 Å². The maximum atomic E-state index is 6.04. The Hall–Kier alpha value is -1.79. The fourth-order valence-electron chi connectivity index (χ4n) is 2.63. The number of hydrogen-bond acceptors (Lipinski definition) is 5. The van der Waals surface area contributed by atoms with Crippen molar-refractivity contribution in [2.45, 2.75) is 12.6 Å². The van der Waals surface area contributed by atoms with Crippen molar-refractivity contribution in [2.24, 2.45) is 0 Å². The highest BCUT2D eigenvalue weighted by Crippen LogP contribution is 2.23. The number of nitrogens with zero attached hydrogens (tertiary/aromatic N) is 3. The zero-order valence-electron chi connectivity index (χ0n) is 11.9. The van der Waals surface area contributed by atoms with Crippen molar-refractivity contribution in [3.63, 3.8) is 0 Å². The van der Waals surface area contributed by atoms with Crippen molar-refractivity contribution in [1.82, 2.24) is 14.5 Å². The molecule has 1 aliphatic heterocycles. The second-order valence-corrected chi connectivity index (χ2v) is 5.19. The van der Waals surface area contributed by atoms with E-state index in [9.17, 15) is 0 Å². The van der Waals surface area contributed by atoms with Crippen LogP contribution in [0.5, 0.6) is 5.75 Å². The molecular formula is C14H20N4O2. The summed E-state index contributed by atoms with van der Waals surface area (Å²) < 4.78 is 13.0. The third-order valence-electron chi connectivity index (χ3n) is 3.71. The van der Waals surface area contributed by atoms with Crippen LogP contribution in [0.2, 0.25) is 0 Å². The Balaban J connectivity index is 1.88. The number of rotatable bonds is 3. The molecule has 2 aromatic rings. The highest BCUT2D eigenvalue weighted by atomic mass is 16.5. The molecule has 0 saturated carbocycles. The summed E-state index contributed by atoms with van der Waals surface area (Å²) in [7, 11) is 3.75. The Bertz CT molecular complexity index is 610. The maximum Gasteiger partial charge on any atom is 0.201 e. The van der Waals surface area contributed by atoms with Crippen LogP contribution < -0.4 is 10.5 Å². The van der Waals surface area contributed by atoms with Gasteiger partial charge in [-0.3, -0.25) is 0 Å². The molecule has 1 unspecified atom stereocenters. The molecule has 1 saturated heterocycles. The third kappa shape index (κ3) is 2.44. The van der Waals surface area contributed by atoms with Crippen molar-refractivity contribution >= 4 is 17.0 Å². The lowest BCUT2D eigenvalue weighted by Gasteiger charge is -2.30. The number of likely N-dealkylation sites (N-methyl/N-ethyl adjacent to an activating group) is 1. The summed E-state index contributed by atoms with van der Waals surface area (Å²) in [6.07, 6.45) is 0.149. The minimum Gasteiger partial charge on any atom is -0.497 e. The van der Waals surface area contributed by atoms with Crippen LogP contribution in [0.3, 0.4) is 0 Å². The minimum absolute atomic E-state index is 0.149. The molecule has 1 aromatic carbocycles. The van der Waals surface area contributed by atoms with Crippen molar-refractivity contribution in [3.8, 4) is 5.75 Å². The number of ether oxygens (including phenoxy) is 2. The average molecular weight is 276 g/mol. The summed E-state index contributed by atoms with van der Waals surface area (Å²) in [6, 6.07) is 5.81. The van der Waals surface area contributed by atoms with Crippen LogP contribution in [0.4, 0.5) is 5.95 Å². The molecule has 1 fully saturated rings. The normalized spacial score (nSPS) is 20.4. The van der Waals surface area contributed by atoms with E-state index in [1.54, 1.807) is 7.11 Å². The first-order valence-electron chi connectivity index (χ1n) is 6.77. The second-order valence-electron chi connectivity index (χ2n) is 5.19. The van der Waals surface area contributed by atoms with Crippen LogP contribution in [-0.2, 0) is 11.3 Å². The average Bonchev–Trinajstić information content (AvgIpc) is 2.74. The van der Waals surface area contributed by atoms with E-state index in [-0.39, 0.29) is 6.10 Å². The smallest absolute Gasteiger partial charge is 0.201 e. The van der Waals surface area contributed by atoms with E-state index in [1.165, 1.54) is 0 Å². The molecule has 0 radical (unpaired) electrons. The van der Waals surface area contributed by atoms with E-state index in [0.29, 0.717) is 5.95 Å². The largest absolute Gasteiger partial charge is 0.497 e. The molecule has 6 nitrogen and oxygen atoms in total. The molecule has 1 aliphatic rings. The number of imidazole rings is 1. The first kappa shape index (κ1) is 13.2. The third-order valence-corrected chi connectivity index (χ3v) is 3.71. The van der Waals surface area contributed by atoms with Crippen LogP contribution >= 0.6 is 0 Å². The molecule has 2 N–H and O–H groups in total. The molecular weight excluding hydrogens is 256 g/mol. The van der Waals surface area contributed by atoms with Gasteiger partial charge in [-0.1, -0.05) is 0 Å². The summed E-state index contributed by atoms with van der Waals surface area (Å²) in [5, 5.41) is 0. The topological polar surface area (TPSA) is 65.5 Å². The molecule has 0 amide bonds. The number of anilines is 1. The van der Waals surface area contributed by atoms with Gasteiger partial charge in [-0.25, -0.2) is 4.98 Å². The van der Waals surface area contributed by atoms with Crippen molar-refractivity contribution < 1.29 is 9.47 Å². The molecule has 1 atom stereocenters. The van der Waals surface area contributed by atoms with E-state index in [1.807, 2.05) is 22.8 Å². The van der Waals surface area contributed by atoms with E-state index in [0.717, 1.165) is 43.0 Å². The summed E-state index contributed by atoms with van der Waals surface area (Å²) in [4.78, 5) is 6.67. The summed E-state index contributed by atoms with van der Waals surface area (Å²) in [5.74, 6) is 1.31. The molecule has 0 aliphatic carbocycles. The van der Waals surface area contributed by atoms with Gasteiger partial charge < -0.3 is 24.7 Å². The Morgan fingerprint density at radius 2 is 2.35 bits per heavy atom.